The first-order valence-electron chi connectivity index (χ1n) is 12.7. The summed E-state index contributed by atoms with van der Waals surface area (Å²) in [6.45, 7) is 0.941. The van der Waals surface area contributed by atoms with Crippen LogP contribution >= 0.6 is 23.2 Å². The van der Waals surface area contributed by atoms with E-state index < -0.39 is 36.6 Å². The van der Waals surface area contributed by atoms with Gasteiger partial charge in [0.05, 0.1) is 26.8 Å². The molecule has 0 saturated heterocycles. The molecule has 0 radical (unpaired) electrons. The molecule has 2 aromatic heterocycles. The minimum atomic E-state index is -4.57. The first-order valence-corrected chi connectivity index (χ1v) is 13.4. The van der Waals surface area contributed by atoms with Gasteiger partial charge in [0.15, 0.2) is 12.3 Å². The minimum absolute atomic E-state index is 0.0138. The van der Waals surface area contributed by atoms with Crippen LogP contribution in [0.25, 0.3) is 11.2 Å². The lowest BCUT2D eigenvalue weighted by molar-refractivity contribution is -0.137. The number of hydrogen-bond donors (Lipinski definition) is 4. The first kappa shape index (κ1) is 31.8. The number of imidazole rings is 1. The molecule has 4 aromatic rings. The molecule has 43 heavy (non-hydrogen) atoms. The van der Waals surface area contributed by atoms with Crippen LogP contribution < -0.4 is 20.7 Å². The largest absolute Gasteiger partial charge is 0.471 e. The second-order valence-corrected chi connectivity index (χ2v) is 9.86. The van der Waals surface area contributed by atoms with E-state index in [-0.39, 0.29) is 56.5 Å². The predicted molar refractivity (Wildman–Crippen MR) is 151 cm³/mol. The number of aromatic amines is 1. The average molecular weight is 645 g/mol. The summed E-state index contributed by atoms with van der Waals surface area (Å²) >= 11 is 12.9. The molecule has 0 aliphatic rings. The summed E-state index contributed by atoms with van der Waals surface area (Å²) < 4.78 is 69.5. The molecule has 0 bridgehead atoms. The molecule has 0 fully saturated rings. The van der Waals surface area contributed by atoms with Gasteiger partial charge in [0.2, 0.25) is 17.7 Å². The van der Waals surface area contributed by atoms with Gasteiger partial charge in [0.1, 0.15) is 5.56 Å². The maximum atomic E-state index is 13.0. The number of hydrogen-bond acceptors (Lipinski definition) is 6. The Balaban J connectivity index is 1.62. The molecule has 4 rings (SSSR count). The monoisotopic (exact) mass is 644 g/mol. The van der Waals surface area contributed by atoms with Gasteiger partial charge in [-0.3, -0.25) is 9.59 Å². The van der Waals surface area contributed by atoms with Crippen LogP contribution in [-0.4, -0.2) is 39.8 Å². The predicted octanol–water partition coefficient (Wildman–Crippen LogP) is 7.34. The second-order valence-electron chi connectivity index (χ2n) is 9.08. The minimum Gasteiger partial charge on any atom is -0.471 e. The van der Waals surface area contributed by atoms with Crippen molar-refractivity contribution in [3.05, 3.63) is 69.2 Å². The fourth-order valence-corrected chi connectivity index (χ4v) is 4.35. The van der Waals surface area contributed by atoms with E-state index in [9.17, 15) is 31.5 Å². The summed E-state index contributed by atoms with van der Waals surface area (Å²) in [5.41, 5.74) is -0.216. The Labute approximate surface area is 251 Å². The molecule has 228 valence electrons. The van der Waals surface area contributed by atoms with Crippen molar-refractivity contribution in [2.45, 2.75) is 38.9 Å². The van der Waals surface area contributed by atoms with E-state index in [0.29, 0.717) is 18.4 Å². The molecule has 0 spiro atoms. The average Bonchev–Trinajstić information content (AvgIpc) is 3.34. The maximum Gasteiger partial charge on any atom is 0.416 e. The molecule has 0 aliphatic carbocycles. The van der Waals surface area contributed by atoms with E-state index in [1.807, 2.05) is 6.92 Å². The van der Waals surface area contributed by atoms with E-state index in [0.717, 1.165) is 24.3 Å². The highest BCUT2D eigenvalue weighted by Crippen LogP contribution is 2.36. The lowest BCUT2D eigenvalue weighted by Crippen LogP contribution is -2.22. The highest BCUT2D eigenvalue weighted by atomic mass is 35.5. The van der Waals surface area contributed by atoms with Crippen molar-refractivity contribution in [3.63, 3.8) is 0 Å². The normalized spacial score (nSPS) is 11.6. The third kappa shape index (κ3) is 8.02. The highest BCUT2D eigenvalue weighted by Gasteiger charge is 2.30. The summed E-state index contributed by atoms with van der Waals surface area (Å²) in [6.07, 6.45) is -6.42. The van der Waals surface area contributed by atoms with E-state index in [1.165, 1.54) is 6.07 Å². The van der Waals surface area contributed by atoms with Crippen LogP contribution in [0, 0.1) is 0 Å². The lowest BCUT2D eigenvalue weighted by Gasteiger charge is -2.13. The SMILES string of the molecule is CCCC(=O)NCc1ccc(Cl)c(Nc2nc3nc(OCC(F)F)c(C(=O)Nc4ccc(C(F)(F)F)cc4)cc3[nH]2)c1Cl. The Morgan fingerprint density at radius 1 is 1.07 bits per heavy atom. The van der Waals surface area contributed by atoms with Crippen LogP contribution in [0.3, 0.4) is 0 Å². The number of rotatable bonds is 11. The molecule has 0 atom stereocenters. The molecular formula is C27H23Cl2F5N6O3. The van der Waals surface area contributed by atoms with E-state index >= 15 is 0 Å². The number of pyridine rings is 1. The van der Waals surface area contributed by atoms with E-state index in [4.69, 9.17) is 27.9 Å². The number of carbonyl (C=O) groups is 2. The van der Waals surface area contributed by atoms with Gasteiger partial charge in [-0.2, -0.15) is 23.1 Å². The number of amides is 2. The molecule has 2 heterocycles. The fourth-order valence-electron chi connectivity index (χ4n) is 3.82. The molecule has 0 unspecified atom stereocenters. The zero-order valence-corrected chi connectivity index (χ0v) is 23.7. The van der Waals surface area contributed by atoms with Gasteiger partial charge in [-0.25, -0.2) is 8.78 Å². The standard InChI is InChI=1S/C27H23Cl2F5N6O3/c1-2-3-20(41)35-11-13-4-9-17(28)22(21(13)29)38-26-37-18-10-16(25(39-23(18)40-26)43-12-19(30)31)24(42)36-15-7-5-14(6-8-15)27(32,33)34/h4-10,19H,2-3,11-12H2,1H3,(H,35,41)(H,36,42)(H2,37,38,39,40). The number of aromatic nitrogens is 3. The number of ether oxygens (including phenoxy) is 1. The van der Waals surface area contributed by atoms with Gasteiger partial charge in [-0.1, -0.05) is 36.2 Å². The molecule has 4 N–H and O–H groups in total. The molecule has 0 aliphatic heterocycles. The fraction of sp³-hybridized carbons (Fsp3) is 0.259. The molecule has 9 nitrogen and oxygen atoms in total. The lowest BCUT2D eigenvalue weighted by atomic mass is 10.2. The van der Waals surface area contributed by atoms with Crippen molar-refractivity contribution in [3.8, 4) is 5.88 Å². The van der Waals surface area contributed by atoms with Crippen LogP contribution in [0.4, 0.5) is 39.3 Å². The number of nitrogens with zero attached hydrogens (tertiary/aromatic N) is 2. The van der Waals surface area contributed by atoms with Gasteiger partial charge in [0.25, 0.3) is 12.3 Å². The molecule has 0 saturated carbocycles. The van der Waals surface area contributed by atoms with E-state index in [1.54, 1.807) is 12.1 Å². The number of anilines is 3. The molecule has 16 heteroatoms. The summed E-state index contributed by atoms with van der Waals surface area (Å²) in [4.78, 5) is 36.1. The van der Waals surface area contributed by atoms with Gasteiger partial charge in [-0.15, -0.1) is 0 Å². The first-order chi connectivity index (χ1) is 20.3. The Morgan fingerprint density at radius 2 is 1.79 bits per heavy atom. The number of fused-ring (bicyclic) bond motifs is 1. The van der Waals surface area contributed by atoms with Crippen LogP contribution in [0.1, 0.15) is 41.3 Å². The van der Waals surface area contributed by atoms with Crippen molar-refractivity contribution in [1.29, 1.82) is 0 Å². The van der Waals surface area contributed by atoms with Crippen molar-refractivity contribution in [2.24, 2.45) is 0 Å². The topological polar surface area (TPSA) is 121 Å². The van der Waals surface area contributed by atoms with Crippen molar-refractivity contribution < 1.29 is 36.3 Å². The summed E-state index contributed by atoms with van der Waals surface area (Å²) in [5, 5.41) is 8.50. The summed E-state index contributed by atoms with van der Waals surface area (Å²) in [6, 6.07) is 8.10. The quantitative estimate of drug-likeness (QED) is 0.127. The summed E-state index contributed by atoms with van der Waals surface area (Å²) in [5.74, 6) is -1.43. The smallest absolute Gasteiger partial charge is 0.416 e. The second kappa shape index (κ2) is 13.4. The number of carbonyl (C=O) groups excluding carboxylic acids is 2. The maximum absolute atomic E-state index is 13.0. The Morgan fingerprint density at radius 3 is 2.44 bits per heavy atom. The molecule has 2 aromatic carbocycles. The number of halogens is 7. The number of nitrogens with one attached hydrogen (secondary N) is 4. The zero-order valence-electron chi connectivity index (χ0n) is 22.2. The van der Waals surface area contributed by atoms with Gasteiger partial charge in [-0.05, 0) is 48.4 Å². The Bertz CT molecular complexity index is 1630. The van der Waals surface area contributed by atoms with E-state index in [2.05, 4.69) is 30.9 Å². The van der Waals surface area contributed by atoms with Crippen LogP contribution in [0.2, 0.25) is 10.0 Å². The van der Waals surface area contributed by atoms with Crippen LogP contribution in [0.5, 0.6) is 5.88 Å². The van der Waals surface area contributed by atoms with Gasteiger partial charge in [0, 0.05) is 18.7 Å². The molecule has 2 amide bonds. The number of alkyl halides is 5. The number of benzene rings is 2. The van der Waals surface area contributed by atoms with Gasteiger partial charge >= 0.3 is 6.18 Å². The zero-order chi connectivity index (χ0) is 31.3. The van der Waals surface area contributed by atoms with Crippen molar-refractivity contribution in [2.75, 3.05) is 17.2 Å². The number of H-pyrrole nitrogens is 1. The Kier molecular flexibility index (Phi) is 9.91. The third-order valence-corrected chi connectivity index (χ3v) is 6.61. The summed E-state index contributed by atoms with van der Waals surface area (Å²) in [7, 11) is 0. The van der Waals surface area contributed by atoms with Crippen LogP contribution in [-0.2, 0) is 17.5 Å². The van der Waals surface area contributed by atoms with Gasteiger partial charge < -0.3 is 25.7 Å². The molecular weight excluding hydrogens is 622 g/mol. The van der Waals surface area contributed by atoms with Crippen LogP contribution in [0.15, 0.2) is 42.5 Å². The van der Waals surface area contributed by atoms with Crippen molar-refractivity contribution >= 4 is 63.5 Å². The third-order valence-electron chi connectivity index (χ3n) is 5.87. The van der Waals surface area contributed by atoms with Crippen molar-refractivity contribution in [1.82, 2.24) is 20.3 Å². The Hall–Kier alpha value is -4.17. The highest BCUT2D eigenvalue weighted by molar-refractivity contribution is 6.39.